The van der Waals surface area contributed by atoms with E-state index < -0.39 is 0 Å². The third kappa shape index (κ3) is 2.26. The Balaban J connectivity index is 2.23. The van der Waals surface area contributed by atoms with E-state index in [1.54, 1.807) is 0 Å². The summed E-state index contributed by atoms with van der Waals surface area (Å²) in [6.07, 6.45) is 3.36. The maximum Gasteiger partial charge on any atom is 0.150 e. The van der Waals surface area contributed by atoms with Gasteiger partial charge in [-0.05, 0) is 43.9 Å². The zero-order valence-electron chi connectivity index (χ0n) is 9.07. The van der Waals surface area contributed by atoms with Crippen molar-refractivity contribution in [3.8, 4) is 0 Å². The summed E-state index contributed by atoms with van der Waals surface area (Å²) in [5, 5.41) is 3.48. The highest BCUT2D eigenvalue weighted by atomic mass is 16.1. The van der Waals surface area contributed by atoms with Gasteiger partial charge in [0.2, 0.25) is 0 Å². The first kappa shape index (κ1) is 10.4. The van der Waals surface area contributed by atoms with Crippen LogP contribution in [0.15, 0.2) is 24.3 Å². The van der Waals surface area contributed by atoms with Crippen LogP contribution >= 0.6 is 0 Å². The molecule has 1 heterocycles. The first-order chi connectivity index (χ1) is 7.31. The van der Waals surface area contributed by atoms with Crippen LogP contribution in [0.25, 0.3) is 0 Å². The molecule has 2 heteroatoms. The molecular weight excluding hydrogens is 186 g/mol. The molecule has 0 amide bonds. The molecule has 0 bridgehead atoms. The molecule has 2 nitrogen and oxygen atoms in total. The van der Waals surface area contributed by atoms with Crippen molar-refractivity contribution in [2.45, 2.75) is 31.7 Å². The standard InChI is InChI=1S/C13H17NO/c1-10-13(6-3-7-14-10)12-5-2-4-11(8-12)9-15/h2,4-5,8-10,13-14H,3,6-7H2,1H3. The van der Waals surface area contributed by atoms with Gasteiger partial charge in [-0.2, -0.15) is 0 Å². The smallest absolute Gasteiger partial charge is 0.150 e. The Kier molecular flexibility index (Phi) is 3.17. The van der Waals surface area contributed by atoms with Crippen LogP contribution in [0.5, 0.6) is 0 Å². The zero-order valence-corrected chi connectivity index (χ0v) is 9.07. The van der Waals surface area contributed by atoms with Gasteiger partial charge < -0.3 is 5.32 Å². The Labute approximate surface area is 90.7 Å². The predicted molar refractivity (Wildman–Crippen MR) is 61.3 cm³/mol. The van der Waals surface area contributed by atoms with Crippen LogP contribution in [0.2, 0.25) is 0 Å². The second-order valence-electron chi connectivity index (χ2n) is 4.28. The van der Waals surface area contributed by atoms with Gasteiger partial charge in [-0.15, -0.1) is 0 Å². The summed E-state index contributed by atoms with van der Waals surface area (Å²) >= 11 is 0. The average Bonchev–Trinajstić information content (AvgIpc) is 2.30. The van der Waals surface area contributed by atoms with E-state index in [2.05, 4.69) is 18.3 Å². The number of nitrogens with one attached hydrogen (secondary N) is 1. The first-order valence-corrected chi connectivity index (χ1v) is 5.60. The van der Waals surface area contributed by atoms with Gasteiger partial charge in [0.05, 0.1) is 0 Å². The van der Waals surface area contributed by atoms with Gasteiger partial charge in [-0.3, -0.25) is 4.79 Å². The molecule has 0 saturated carbocycles. The number of hydrogen-bond acceptors (Lipinski definition) is 2. The van der Waals surface area contributed by atoms with Crippen LogP contribution in [0.3, 0.4) is 0 Å². The van der Waals surface area contributed by atoms with Crippen molar-refractivity contribution in [2.75, 3.05) is 6.54 Å². The predicted octanol–water partition coefficient (Wildman–Crippen LogP) is 2.35. The summed E-state index contributed by atoms with van der Waals surface area (Å²) in [6.45, 7) is 3.34. The van der Waals surface area contributed by atoms with Gasteiger partial charge in [-0.1, -0.05) is 18.2 Å². The summed E-state index contributed by atoms with van der Waals surface area (Å²) in [4.78, 5) is 10.7. The van der Waals surface area contributed by atoms with Gasteiger partial charge in [0.25, 0.3) is 0 Å². The summed E-state index contributed by atoms with van der Waals surface area (Å²) < 4.78 is 0. The highest BCUT2D eigenvalue weighted by molar-refractivity contribution is 5.75. The average molecular weight is 203 g/mol. The van der Waals surface area contributed by atoms with Crippen molar-refractivity contribution in [3.05, 3.63) is 35.4 Å². The summed E-state index contributed by atoms with van der Waals surface area (Å²) in [6, 6.07) is 8.49. The van der Waals surface area contributed by atoms with Crippen molar-refractivity contribution in [1.29, 1.82) is 0 Å². The lowest BCUT2D eigenvalue weighted by molar-refractivity contribution is 0.112. The van der Waals surface area contributed by atoms with Gasteiger partial charge in [0.15, 0.2) is 0 Å². The van der Waals surface area contributed by atoms with Crippen LogP contribution in [0, 0.1) is 0 Å². The molecule has 0 aliphatic carbocycles. The molecule has 1 aromatic rings. The number of carbonyl (C=O) groups excluding carboxylic acids is 1. The molecule has 1 N–H and O–H groups in total. The lowest BCUT2D eigenvalue weighted by Gasteiger charge is -2.30. The Morgan fingerprint density at radius 2 is 2.33 bits per heavy atom. The third-order valence-corrected chi connectivity index (χ3v) is 3.24. The van der Waals surface area contributed by atoms with E-state index >= 15 is 0 Å². The van der Waals surface area contributed by atoms with Crippen LogP contribution in [0.1, 0.15) is 41.6 Å². The lowest BCUT2D eigenvalue weighted by atomic mass is 9.85. The van der Waals surface area contributed by atoms with Gasteiger partial charge in [0.1, 0.15) is 6.29 Å². The Morgan fingerprint density at radius 3 is 3.07 bits per heavy atom. The van der Waals surface area contributed by atoms with Crippen molar-refractivity contribution < 1.29 is 4.79 Å². The monoisotopic (exact) mass is 203 g/mol. The molecule has 1 fully saturated rings. The number of benzene rings is 1. The van der Waals surface area contributed by atoms with E-state index in [0.29, 0.717) is 12.0 Å². The minimum Gasteiger partial charge on any atom is -0.314 e. The third-order valence-electron chi connectivity index (χ3n) is 3.24. The second-order valence-corrected chi connectivity index (χ2v) is 4.28. The molecule has 1 aliphatic rings. The lowest BCUT2D eigenvalue weighted by Crippen LogP contribution is -2.37. The van der Waals surface area contributed by atoms with Gasteiger partial charge in [0, 0.05) is 11.6 Å². The topological polar surface area (TPSA) is 29.1 Å². The number of hydrogen-bond donors (Lipinski definition) is 1. The largest absolute Gasteiger partial charge is 0.314 e. The molecule has 0 aromatic heterocycles. The van der Waals surface area contributed by atoms with E-state index in [4.69, 9.17) is 0 Å². The molecular formula is C13H17NO. The van der Waals surface area contributed by atoms with E-state index in [0.717, 1.165) is 18.4 Å². The molecule has 2 rings (SSSR count). The van der Waals surface area contributed by atoms with Crippen molar-refractivity contribution in [1.82, 2.24) is 5.32 Å². The molecule has 1 aromatic carbocycles. The molecule has 80 valence electrons. The van der Waals surface area contributed by atoms with E-state index in [9.17, 15) is 4.79 Å². The van der Waals surface area contributed by atoms with Gasteiger partial charge >= 0.3 is 0 Å². The van der Waals surface area contributed by atoms with E-state index in [1.165, 1.54) is 18.4 Å². The fraction of sp³-hybridized carbons (Fsp3) is 0.462. The minimum absolute atomic E-state index is 0.514. The van der Waals surface area contributed by atoms with Crippen LogP contribution in [-0.4, -0.2) is 18.9 Å². The zero-order chi connectivity index (χ0) is 10.7. The molecule has 0 radical (unpaired) electrons. The molecule has 2 unspecified atom stereocenters. The highest BCUT2D eigenvalue weighted by Crippen LogP contribution is 2.27. The molecule has 1 aliphatic heterocycles. The fourth-order valence-corrected chi connectivity index (χ4v) is 2.36. The van der Waals surface area contributed by atoms with Crippen LogP contribution in [-0.2, 0) is 0 Å². The number of aldehydes is 1. The van der Waals surface area contributed by atoms with Crippen molar-refractivity contribution in [3.63, 3.8) is 0 Å². The van der Waals surface area contributed by atoms with Crippen molar-refractivity contribution >= 4 is 6.29 Å². The first-order valence-electron chi connectivity index (χ1n) is 5.60. The molecule has 2 atom stereocenters. The normalized spacial score (nSPS) is 26.2. The summed E-state index contributed by atoms with van der Waals surface area (Å²) in [5.41, 5.74) is 2.07. The molecule has 15 heavy (non-hydrogen) atoms. The quantitative estimate of drug-likeness (QED) is 0.747. The Morgan fingerprint density at radius 1 is 1.47 bits per heavy atom. The Hall–Kier alpha value is -1.15. The van der Waals surface area contributed by atoms with E-state index in [-0.39, 0.29) is 0 Å². The molecule has 0 spiro atoms. The summed E-state index contributed by atoms with van der Waals surface area (Å²) in [7, 11) is 0. The second kappa shape index (κ2) is 4.58. The van der Waals surface area contributed by atoms with Crippen molar-refractivity contribution in [2.24, 2.45) is 0 Å². The highest BCUT2D eigenvalue weighted by Gasteiger charge is 2.22. The Bertz CT molecular complexity index is 348. The van der Waals surface area contributed by atoms with Gasteiger partial charge in [-0.25, -0.2) is 0 Å². The maximum absolute atomic E-state index is 10.7. The molecule has 1 saturated heterocycles. The fourth-order valence-electron chi connectivity index (χ4n) is 2.36. The van der Waals surface area contributed by atoms with Crippen LogP contribution in [0.4, 0.5) is 0 Å². The number of piperidine rings is 1. The van der Waals surface area contributed by atoms with E-state index in [1.807, 2.05) is 18.2 Å². The van der Waals surface area contributed by atoms with Crippen LogP contribution < -0.4 is 5.32 Å². The minimum atomic E-state index is 0.514. The summed E-state index contributed by atoms with van der Waals surface area (Å²) in [5.74, 6) is 0.554. The number of rotatable bonds is 2. The number of carbonyl (C=O) groups is 1. The SMILES string of the molecule is CC1NCCCC1c1cccc(C=O)c1. The maximum atomic E-state index is 10.7.